The van der Waals surface area contributed by atoms with Crippen LogP contribution in [0.2, 0.25) is 0 Å². The van der Waals surface area contributed by atoms with Gasteiger partial charge in [0.2, 0.25) is 5.91 Å². The summed E-state index contributed by atoms with van der Waals surface area (Å²) in [5, 5.41) is 2.42. The van der Waals surface area contributed by atoms with E-state index in [1.807, 2.05) is 0 Å². The fourth-order valence-electron chi connectivity index (χ4n) is 1.28. The molecular weight excluding hydrogens is 225 g/mol. The van der Waals surface area contributed by atoms with Gasteiger partial charge in [0.1, 0.15) is 0 Å². The summed E-state index contributed by atoms with van der Waals surface area (Å²) in [6.45, 7) is 0.546. The third-order valence-electron chi connectivity index (χ3n) is 2.23. The van der Waals surface area contributed by atoms with Crippen LogP contribution in [-0.4, -0.2) is 30.6 Å². The molecule has 0 aliphatic carbocycles. The number of amides is 1. The van der Waals surface area contributed by atoms with Crippen molar-refractivity contribution < 1.29 is 13.9 Å². The van der Waals surface area contributed by atoms with Crippen molar-refractivity contribution >= 4 is 11.6 Å². The molecule has 1 heterocycles. The van der Waals surface area contributed by atoms with Crippen molar-refractivity contribution in [3.05, 3.63) is 24.3 Å². The first kappa shape index (κ1) is 13.5. The van der Waals surface area contributed by atoms with Crippen LogP contribution in [-0.2, 0) is 9.53 Å². The van der Waals surface area contributed by atoms with Gasteiger partial charge in [-0.25, -0.2) is 4.39 Å². The van der Waals surface area contributed by atoms with E-state index in [4.69, 9.17) is 10.5 Å². The van der Waals surface area contributed by atoms with Crippen LogP contribution in [0.3, 0.4) is 0 Å². The Morgan fingerprint density at radius 2 is 2.47 bits per heavy atom. The Hall–Kier alpha value is -1.53. The molecule has 1 aromatic rings. The number of rotatable bonds is 6. The molecule has 0 aromatic carbocycles. The lowest BCUT2D eigenvalue weighted by Gasteiger charge is -2.12. The van der Waals surface area contributed by atoms with Gasteiger partial charge < -0.3 is 15.8 Å². The smallest absolute Gasteiger partial charge is 0.241 e. The number of anilines is 1. The molecule has 1 unspecified atom stereocenters. The average molecular weight is 241 g/mol. The van der Waals surface area contributed by atoms with E-state index in [1.54, 1.807) is 7.11 Å². The number of carbonyl (C=O) groups is 1. The molecular formula is C11H16FN3O2. The first-order valence-electron chi connectivity index (χ1n) is 5.30. The Morgan fingerprint density at radius 1 is 1.71 bits per heavy atom. The van der Waals surface area contributed by atoms with Gasteiger partial charge in [-0.15, -0.1) is 0 Å². The number of nitrogens with one attached hydrogen (secondary N) is 1. The van der Waals surface area contributed by atoms with E-state index in [0.29, 0.717) is 19.4 Å². The summed E-state index contributed by atoms with van der Waals surface area (Å²) in [6, 6.07) is 0.715. The van der Waals surface area contributed by atoms with Crippen LogP contribution in [0, 0.1) is 5.82 Å². The lowest BCUT2D eigenvalue weighted by molar-refractivity contribution is -0.117. The molecule has 0 radical (unpaired) electrons. The first-order chi connectivity index (χ1) is 8.15. The molecule has 17 heavy (non-hydrogen) atoms. The number of carbonyl (C=O) groups excluding carboxylic acids is 1. The van der Waals surface area contributed by atoms with Crippen LogP contribution in [0.25, 0.3) is 0 Å². The molecule has 1 aromatic heterocycles. The van der Waals surface area contributed by atoms with Gasteiger partial charge in [0.25, 0.3) is 0 Å². The molecule has 5 nitrogen and oxygen atoms in total. The van der Waals surface area contributed by atoms with E-state index in [-0.39, 0.29) is 5.69 Å². The van der Waals surface area contributed by atoms with Gasteiger partial charge in [0, 0.05) is 19.9 Å². The Morgan fingerprint density at radius 3 is 3.12 bits per heavy atom. The number of hydrogen-bond donors (Lipinski definition) is 2. The topological polar surface area (TPSA) is 77.2 Å². The minimum Gasteiger partial charge on any atom is -0.385 e. The quantitative estimate of drug-likeness (QED) is 0.726. The number of nitrogens with zero attached hydrogens (tertiary/aromatic N) is 1. The van der Waals surface area contributed by atoms with Crippen LogP contribution in [0.15, 0.2) is 18.5 Å². The highest BCUT2D eigenvalue weighted by Crippen LogP contribution is 2.11. The largest absolute Gasteiger partial charge is 0.385 e. The standard InChI is InChI=1S/C11H16FN3O2/c1-17-6-2-3-9(13)11(16)15-10-4-5-14-7-8(10)12/h4-5,7,9H,2-3,6,13H2,1H3,(H,14,15,16). The van der Waals surface area contributed by atoms with Crippen molar-refractivity contribution in [1.29, 1.82) is 0 Å². The number of ether oxygens (including phenoxy) is 1. The summed E-state index contributed by atoms with van der Waals surface area (Å²) in [4.78, 5) is 15.2. The number of hydrogen-bond acceptors (Lipinski definition) is 4. The number of nitrogens with two attached hydrogens (primary N) is 1. The van der Waals surface area contributed by atoms with E-state index < -0.39 is 17.8 Å². The number of methoxy groups -OCH3 is 1. The molecule has 1 rings (SSSR count). The monoisotopic (exact) mass is 241 g/mol. The van der Waals surface area contributed by atoms with Gasteiger partial charge in [-0.2, -0.15) is 0 Å². The van der Waals surface area contributed by atoms with Crippen LogP contribution in [0.4, 0.5) is 10.1 Å². The molecule has 6 heteroatoms. The van der Waals surface area contributed by atoms with Crippen molar-refractivity contribution in [2.45, 2.75) is 18.9 Å². The predicted octanol–water partition coefficient (Wildman–Crippen LogP) is 0.913. The highest BCUT2D eigenvalue weighted by atomic mass is 19.1. The molecule has 94 valence electrons. The average Bonchev–Trinajstić information content (AvgIpc) is 2.32. The molecule has 1 atom stereocenters. The molecule has 0 aliphatic heterocycles. The van der Waals surface area contributed by atoms with Crippen LogP contribution < -0.4 is 11.1 Å². The fraction of sp³-hybridized carbons (Fsp3) is 0.455. The molecule has 1 amide bonds. The minimum absolute atomic E-state index is 0.0900. The lowest BCUT2D eigenvalue weighted by Crippen LogP contribution is -2.36. The van der Waals surface area contributed by atoms with Gasteiger partial charge >= 0.3 is 0 Å². The van der Waals surface area contributed by atoms with Crippen molar-refractivity contribution in [1.82, 2.24) is 4.98 Å². The SMILES string of the molecule is COCCCC(N)C(=O)Nc1ccncc1F. The van der Waals surface area contributed by atoms with Crippen molar-refractivity contribution in [2.24, 2.45) is 5.73 Å². The molecule has 0 spiro atoms. The summed E-state index contributed by atoms with van der Waals surface area (Å²) in [5.74, 6) is -0.990. The van der Waals surface area contributed by atoms with Gasteiger partial charge in [-0.1, -0.05) is 0 Å². The summed E-state index contributed by atoms with van der Waals surface area (Å²) in [6.07, 6.45) is 3.61. The van der Waals surface area contributed by atoms with Gasteiger partial charge in [0.05, 0.1) is 17.9 Å². The van der Waals surface area contributed by atoms with Crippen LogP contribution in [0.1, 0.15) is 12.8 Å². The number of pyridine rings is 1. The van der Waals surface area contributed by atoms with E-state index >= 15 is 0 Å². The Labute approximate surface area is 99.2 Å². The van der Waals surface area contributed by atoms with Crippen molar-refractivity contribution in [3.63, 3.8) is 0 Å². The highest BCUT2D eigenvalue weighted by Gasteiger charge is 2.14. The molecule has 3 N–H and O–H groups in total. The maximum Gasteiger partial charge on any atom is 0.241 e. The zero-order chi connectivity index (χ0) is 12.7. The third-order valence-corrected chi connectivity index (χ3v) is 2.23. The van der Waals surface area contributed by atoms with Crippen molar-refractivity contribution in [2.75, 3.05) is 19.0 Å². The fourth-order valence-corrected chi connectivity index (χ4v) is 1.28. The Kier molecular flexibility index (Phi) is 5.51. The summed E-state index contributed by atoms with van der Waals surface area (Å²) in [7, 11) is 1.58. The minimum atomic E-state index is -0.669. The van der Waals surface area contributed by atoms with Crippen molar-refractivity contribution in [3.8, 4) is 0 Å². The van der Waals surface area contributed by atoms with Gasteiger partial charge in [0.15, 0.2) is 5.82 Å². The van der Waals surface area contributed by atoms with Gasteiger partial charge in [-0.3, -0.25) is 9.78 Å². The Bertz CT molecular complexity index is 373. The van der Waals surface area contributed by atoms with Gasteiger partial charge in [-0.05, 0) is 18.9 Å². The molecule has 0 fully saturated rings. The molecule has 0 saturated carbocycles. The van der Waals surface area contributed by atoms with Crippen LogP contribution in [0.5, 0.6) is 0 Å². The highest BCUT2D eigenvalue weighted by molar-refractivity contribution is 5.94. The number of aromatic nitrogens is 1. The molecule has 0 bridgehead atoms. The summed E-state index contributed by atoms with van der Waals surface area (Å²) in [5.41, 5.74) is 5.74. The second kappa shape index (κ2) is 6.93. The summed E-state index contributed by atoms with van der Waals surface area (Å²) < 4.78 is 18.0. The second-order valence-electron chi connectivity index (χ2n) is 3.59. The number of halogens is 1. The third kappa shape index (κ3) is 4.46. The van der Waals surface area contributed by atoms with E-state index in [9.17, 15) is 9.18 Å². The second-order valence-corrected chi connectivity index (χ2v) is 3.59. The first-order valence-corrected chi connectivity index (χ1v) is 5.30. The maximum absolute atomic E-state index is 13.2. The normalized spacial score (nSPS) is 12.2. The lowest BCUT2D eigenvalue weighted by atomic mass is 10.1. The zero-order valence-electron chi connectivity index (χ0n) is 9.65. The maximum atomic E-state index is 13.2. The molecule has 0 saturated heterocycles. The zero-order valence-corrected chi connectivity index (χ0v) is 9.65. The van der Waals surface area contributed by atoms with E-state index in [1.165, 1.54) is 12.3 Å². The van der Waals surface area contributed by atoms with E-state index in [0.717, 1.165) is 6.20 Å². The Balaban J connectivity index is 2.46. The van der Waals surface area contributed by atoms with E-state index in [2.05, 4.69) is 10.3 Å². The molecule has 0 aliphatic rings. The summed E-state index contributed by atoms with van der Waals surface area (Å²) >= 11 is 0. The van der Waals surface area contributed by atoms with Crippen LogP contribution >= 0.6 is 0 Å². The predicted molar refractivity (Wildman–Crippen MR) is 61.9 cm³/mol.